The van der Waals surface area contributed by atoms with Crippen molar-refractivity contribution in [2.24, 2.45) is 0 Å². The van der Waals surface area contributed by atoms with Gasteiger partial charge < -0.3 is 19.5 Å². The van der Waals surface area contributed by atoms with Crippen LogP contribution in [0.3, 0.4) is 0 Å². The fourth-order valence-electron chi connectivity index (χ4n) is 2.16. The van der Waals surface area contributed by atoms with Crippen molar-refractivity contribution in [2.45, 2.75) is 6.54 Å². The third-order valence-corrected chi connectivity index (χ3v) is 3.44. The van der Waals surface area contributed by atoms with Crippen LogP contribution in [0.1, 0.15) is 11.1 Å². The van der Waals surface area contributed by atoms with Crippen molar-refractivity contribution in [3.05, 3.63) is 59.7 Å². The molecule has 1 amide bonds. The molecule has 0 aliphatic carbocycles. The monoisotopic (exact) mass is 327 g/mol. The minimum atomic E-state index is -0.174. The number of carbonyl (C=O) groups excluding carboxylic acids is 1. The van der Waals surface area contributed by atoms with E-state index >= 15 is 0 Å². The number of amides is 1. The Kier molecular flexibility index (Phi) is 6.25. The SMILES string of the molecule is COc1cccc(/C=C/C(=O)NCc2ccc(OC)c(OC)c2)c1. The van der Waals surface area contributed by atoms with E-state index in [2.05, 4.69) is 5.32 Å². The minimum absolute atomic E-state index is 0.174. The Morgan fingerprint density at radius 1 is 1.00 bits per heavy atom. The molecule has 24 heavy (non-hydrogen) atoms. The van der Waals surface area contributed by atoms with Crippen LogP contribution in [-0.2, 0) is 11.3 Å². The zero-order chi connectivity index (χ0) is 17.4. The van der Waals surface area contributed by atoms with E-state index in [1.165, 1.54) is 6.08 Å². The van der Waals surface area contributed by atoms with E-state index in [0.29, 0.717) is 18.0 Å². The lowest BCUT2D eigenvalue weighted by atomic mass is 10.2. The summed E-state index contributed by atoms with van der Waals surface area (Å²) in [5.74, 6) is 1.87. The van der Waals surface area contributed by atoms with E-state index in [4.69, 9.17) is 14.2 Å². The van der Waals surface area contributed by atoms with Crippen molar-refractivity contribution < 1.29 is 19.0 Å². The molecule has 0 bridgehead atoms. The zero-order valence-electron chi connectivity index (χ0n) is 14.0. The zero-order valence-corrected chi connectivity index (χ0v) is 14.0. The first kappa shape index (κ1) is 17.4. The average Bonchev–Trinajstić information content (AvgIpc) is 2.64. The molecule has 2 aromatic rings. The van der Waals surface area contributed by atoms with Crippen molar-refractivity contribution in [2.75, 3.05) is 21.3 Å². The lowest BCUT2D eigenvalue weighted by molar-refractivity contribution is -0.116. The molecular formula is C19H21NO4. The van der Waals surface area contributed by atoms with Gasteiger partial charge in [-0.05, 0) is 41.5 Å². The van der Waals surface area contributed by atoms with E-state index < -0.39 is 0 Å². The van der Waals surface area contributed by atoms with Crippen LogP contribution in [0.25, 0.3) is 6.08 Å². The molecule has 126 valence electrons. The van der Waals surface area contributed by atoms with Gasteiger partial charge in [0.15, 0.2) is 11.5 Å². The van der Waals surface area contributed by atoms with Crippen LogP contribution >= 0.6 is 0 Å². The number of hydrogen-bond acceptors (Lipinski definition) is 4. The molecule has 0 spiro atoms. The van der Waals surface area contributed by atoms with Crippen LogP contribution in [-0.4, -0.2) is 27.2 Å². The molecular weight excluding hydrogens is 306 g/mol. The highest BCUT2D eigenvalue weighted by Gasteiger charge is 2.05. The second-order valence-corrected chi connectivity index (χ2v) is 5.02. The maximum Gasteiger partial charge on any atom is 0.244 e. The average molecular weight is 327 g/mol. The first-order valence-electron chi connectivity index (χ1n) is 7.47. The largest absolute Gasteiger partial charge is 0.497 e. The smallest absolute Gasteiger partial charge is 0.244 e. The Balaban J connectivity index is 1.94. The van der Waals surface area contributed by atoms with Crippen molar-refractivity contribution in [1.29, 1.82) is 0 Å². The number of hydrogen-bond donors (Lipinski definition) is 1. The maximum atomic E-state index is 11.9. The summed E-state index contributed by atoms with van der Waals surface area (Å²) >= 11 is 0. The van der Waals surface area contributed by atoms with Gasteiger partial charge in [0.2, 0.25) is 5.91 Å². The van der Waals surface area contributed by atoms with Gasteiger partial charge in [-0.2, -0.15) is 0 Å². The Hall–Kier alpha value is -2.95. The fraction of sp³-hybridized carbons (Fsp3) is 0.211. The topological polar surface area (TPSA) is 56.8 Å². The molecule has 1 N–H and O–H groups in total. The molecule has 0 unspecified atom stereocenters. The Morgan fingerprint density at radius 3 is 2.50 bits per heavy atom. The highest BCUT2D eigenvalue weighted by Crippen LogP contribution is 2.27. The van der Waals surface area contributed by atoms with Gasteiger partial charge in [-0.3, -0.25) is 4.79 Å². The van der Waals surface area contributed by atoms with E-state index in [9.17, 15) is 4.79 Å². The molecule has 0 aliphatic rings. The maximum absolute atomic E-state index is 11.9. The second-order valence-electron chi connectivity index (χ2n) is 5.02. The lowest BCUT2D eigenvalue weighted by Crippen LogP contribution is -2.20. The third-order valence-electron chi connectivity index (χ3n) is 3.44. The summed E-state index contributed by atoms with van der Waals surface area (Å²) in [5.41, 5.74) is 1.83. The summed E-state index contributed by atoms with van der Waals surface area (Å²) in [6.07, 6.45) is 3.24. The number of nitrogens with one attached hydrogen (secondary N) is 1. The summed E-state index contributed by atoms with van der Waals surface area (Å²) in [7, 11) is 4.78. The molecule has 5 heteroatoms. The van der Waals surface area contributed by atoms with Crippen molar-refractivity contribution in [3.8, 4) is 17.2 Å². The molecule has 2 rings (SSSR count). The molecule has 0 aromatic heterocycles. The highest BCUT2D eigenvalue weighted by atomic mass is 16.5. The third kappa shape index (κ3) is 4.78. The molecule has 0 atom stereocenters. The summed E-state index contributed by atoms with van der Waals surface area (Å²) in [4.78, 5) is 11.9. The highest BCUT2D eigenvalue weighted by molar-refractivity contribution is 5.91. The van der Waals surface area contributed by atoms with Gasteiger partial charge in [0.1, 0.15) is 5.75 Å². The predicted octanol–water partition coefficient (Wildman–Crippen LogP) is 3.04. The molecule has 0 saturated heterocycles. The normalized spacial score (nSPS) is 10.5. The Labute approximate surface area is 141 Å². The Morgan fingerprint density at radius 2 is 1.79 bits per heavy atom. The number of ether oxygens (including phenoxy) is 3. The van der Waals surface area contributed by atoms with Crippen LogP contribution in [0, 0.1) is 0 Å². The van der Waals surface area contributed by atoms with Gasteiger partial charge in [0, 0.05) is 12.6 Å². The number of rotatable bonds is 7. The van der Waals surface area contributed by atoms with Crippen LogP contribution in [0.15, 0.2) is 48.5 Å². The van der Waals surface area contributed by atoms with Gasteiger partial charge in [0.05, 0.1) is 21.3 Å². The van der Waals surface area contributed by atoms with Crippen molar-refractivity contribution in [1.82, 2.24) is 5.32 Å². The molecule has 0 radical (unpaired) electrons. The number of carbonyl (C=O) groups is 1. The summed E-state index contributed by atoms with van der Waals surface area (Å²) < 4.78 is 15.6. The van der Waals surface area contributed by atoms with Gasteiger partial charge in [-0.1, -0.05) is 18.2 Å². The second kappa shape index (κ2) is 8.62. The molecule has 2 aromatic carbocycles. The van der Waals surface area contributed by atoms with E-state index in [0.717, 1.165) is 16.9 Å². The predicted molar refractivity (Wildman–Crippen MR) is 93.4 cm³/mol. The summed E-state index contributed by atoms with van der Waals surface area (Å²) in [5, 5.41) is 2.83. The molecule has 5 nitrogen and oxygen atoms in total. The van der Waals surface area contributed by atoms with Gasteiger partial charge in [-0.15, -0.1) is 0 Å². The summed E-state index contributed by atoms with van der Waals surface area (Å²) in [6.45, 7) is 0.404. The molecule has 0 heterocycles. The van der Waals surface area contributed by atoms with E-state index in [1.54, 1.807) is 27.4 Å². The van der Waals surface area contributed by atoms with Crippen LogP contribution in [0.2, 0.25) is 0 Å². The standard InChI is InChI=1S/C19H21NO4/c1-22-16-6-4-5-14(11-16)8-10-19(21)20-13-15-7-9-17(23-2)18(12-15)24-3/h4-12H,13H2,1-3H3,(H,20,21)/b10-8+. The van der Waals surface area contributed by atoms with Crippen molar-refractivity contribution in [3.63, 3.8) is 0 Å². The van der Waals surface area contributed by atoms with Gasteiger partial charge in [-0.25, -0.2) is 0 Å². The number of methoxy groups -OCH3 is 3. The number of benzene rings is 2. The van der Waals surface area contributed by atoms with E-state index in [1.807, 2.05) is 42.5 Å². The molecule has 0 saturated carbocycles. The van der Waals surface area contributed by atoms with Crippen molar-refractivity contribution >= 4 is 12.0 Å². The lowest BCUT2D eigenvalue weighted by Gasteiger charge is -2.09. The molecule has 0 fully saturated rings. The van der Waals surface area contributed by atoms with E-state index in [-0.39, 0.29) is 5.91 Å². The summed E-state index contributed by atoms with van der Waals surface area (Å²) in [6, 6.07) is 13.0. The molecule has 0 aliphatic heterocycles. The minimum Gasteiger partial charge on any atom is -0.497 e. The quantitative estimate of drug-likeness (QED) is 0.794. The van der Waals surface area contributed by atoms with Crippen LogP contribution in [0.5, 0.6) is 17.2 Å². The first-order valence-corrected chi connectivity index (χ1v) is 7.47. The van der Waals surface area contributed by atoms with Crippen LogP contribution < -0.4 is 19.5 Å². The van der Waals surface area contributed by atoms with Gasteiger partial charge in [0.25, 0.3) is 0 Å². The van der Waals surface area contributed by atoms with Crippen LogP contribution in [0.4, 0.5) is 0 Å². The fourth-order valence-corrected chi connectivity index (χ4v) is 2.16. The Bertz CT molecular complexity index is 725. The van der Waals surface area contributed by atoms with Gasteiger partial charge >= 0.3 is 0 Å². The first-order chi connectivity index (χ1) is 11.7.